The lowest BCUT2D eigenvalue weighted by atomic mass is 10.0. The normalized spacial score (nSPS) is 12.2. The average Bonchev–Trinajstić information content (AvgIpc) is 3.06. The molecule has 0 spiro atoms. The summed E-state index contributed by atoms with van der Waals surface area (Å²) in [5.41, 5.74) is 11.3. The summed E-state index contributed by atoms with van der Waals surface area (Å²) in [6.45, 7) is 0. The topological polar surface area (TPSA) is 80.6 Å². The lowest BCUT2D eigenvalue weighted by Crippen LogP contribution is -2.32. The molecule has 0 amide bonds. The number of hydrogen-bond acceptors (Lipinski definition) is 3. The van der Waals surface area contributed by atoms with Gasteiger partial charge in [0.15, 0.2) is 0 Å². The molecule has 28 heavy (non-hydrogen) atoms. The summed E-state index contributed by atoms with van der Waals surface area (Å²) < 4.78 is 2.78. The van der Waals surface area contributed by atoms with Crippen LogP contribution in [0.1, 0.15) is 5.69 Å². The van der Waals surface area contributed by atoms with Crippen LogP contribution >= 0.6 is 15.9 Å². The number of carbonyl (C=O) groups is 1. The number of pyridine rings is 1. The molecule has 1 atom stereocenters. The molecule has 0 bridgehead atoms. The number of carboxylic acids is 1. The molecule has 4 aromatic rings. The average molecular weight is 436 g/mol. The summed E-state index contributed by atoms with van der Waals surface area (Å²) in [4.78, 5) is 16.0. The Morgan fingerprint density at radius 3 is 2.32 bits per heavy atom. The van der Waals surface area contributed by atoms with Gasteiger partial charge in [0.2, 0.25) is 0 Å². The Hall–Kier alpha value is -2.96. The molecule has 5 nitrogen and oxygen atoms in total. The van der Waals surface area contributed by atoms with E-state index < -0.39 is 12.0 Å². The van der Waals surface area contributed by atoms with Crippen molar-refractivity contribution in [2.24, 2.45) is 5.73 Å². The zero-order chi connectivity index (χ0) is 19.7. The van der Waals surface area contributed by atoms with E-state index in [4.69, 9.17) is 10.7 Å². The van der Waals surface area contributed by atoms with E-state index >= 15 is 0 Å². The predicted molar refractivity (Wildman–Crippen MR) is 113 cm³/mol. The standard InChI is InChI=1S/C22H18BrN3O2/c23-17-10-11-20-25-21(19(26(20)13-17)12-18(24)22(27)28)16-8-6-15(7-9-16)14-4-2-1-3-5-14/h1-11,13,18H,12,24H2,(H,27,28). The summed E-state index contributed by atoms with van der Waals surface area (Å²) in [5.74, 6) is -1.03. The van der Waals surface area contributed by atoms with Crippen molar-refractivity contribution in [2.45, 2.75) is 12.5 Å². The van der Waals surface area contributed by atoms with E-state index in [1.165, 1.54) is 0 Å². The number of carboxylic acid groups (broad SMARTS) is 1. The largest absolute Gasteiger partial charge is 0.480 e. The van der Waals surface area contributed by atoms with Gasteiger partial charge in [0.05, 0.1) is 11.4 Å². The maximum absolute atomic E-state index is 11.3. The van der Waals surface area contributed by atoms with Gasteiger partial charge in [-0.15, -0.1) is 0 Å². The van der Waals surface area contributed by atoms with Crippen LogP contribution in [0.25, 0.3) is 28.0 Å². The number of imidazole rings is 1. The zero-order valence-corrected chi connectivity index (χ0v) is 16.5. The van der Waals surface area contributed by atoms with Crippen molar-refractivity contribution < 1.29 is 9.90 Å². The van der Waals surface area contributed by atoms with Gasteiger partial charge in [-0.3, -0.25) is 4.79 Å². The summed E-state index contributed by atoms with van der Waals surface area (Å²) in [6.07, 6.45) is 2.07. The third-order valence-corrected chi connectivity index (χ3v) is 5.15. The molecular formula is C22H18BrN3O2. The van der Waals surface area contributed by atoms with E-state index in [1.54, 1.807) is 0 Å². The minimum Gasteiger partial charge on any atom is -0.480 e. The molecule has 0 aliphatic carbocycles. The Morgan fingerprint density at radius 2 is 1.64 bits per heavy atom. The van der Waals surface area contributed by atoms with Crippen molar-refractivity contribution in [2.75, 3.05) is 0 Å². The van der Waals surface area contributed by atoms with Gasteiger partial charge in [0.25, 0.3) is 0 Å². The third-order valence-electron chi connectivity index (χ3n) is 4.68. The van der Waals surface area contributed by atoms with Crippen LogP contribution in [0, 0.1) is 0 Å². The van der Waals surface area contributed by atoms with Crippen LogP contribution < -0.4 is 5.73 Å². The summed E-state index contributed by atoms with van der Waals surface area (Å²) in [7, 11) is 0. The number of hydrogen-bond donors (Lipinski definition) is 2. The quantitative estimate of drug-likeness (QED) is 0.487. The van der Waals surface area contributed by atoms with Gasteiger partial charge in [-0.2, -0.15) is 0 Å². The van der Waals surface area contributed by atoms with Gasteiger partial charge in [-0.05, 0) is 39.2 Å². The maximum Gasteiger partial charge on any atom is 0.320 e. The molecule has 1 unspecified atom stereocenters. The van der Waals surface area contributed by atoms with Crippen molar-refractivity contribution >= 4 is 27.5 Å². The SMILES string of the molecule is NC(Cc1c(-c2ccc(-c3ccccc3)cc2)nc2ccc(Br)cn12)C(=O)O. The third kappa shape index (κ3) is 3.56. The molecule has 3 N–H and O–H groups in total. The lowest BCUT2D eigenvalue weighted by Gasteiger charge is -2.10. The van der Waals surface area contributed by atoms with Crippen molar-refractivity contribution in [3.8, 4) is 22.4 Å². The first-order valence-corrected chi connectivity index (χ1v) is 9.63. The molecule has 6 heteroatoms. The molecule has 0 aliphatic heterocycles. The van der Waals surface area contributed by atoms with E-state index in [0.29, 0.717) is 0 Å². The highest BCUT2D eigenvalue weighted by atomic mass is 79.9. The minimum absolute atomic E-state index is 0.183. The molecular weight excluding hydrogens is 418 g/mol. The molecule has 4 rings (SSSR count). The van der Waals surface area contributed by atoms with E-state index in [1.807, 2.05) is 65.2 Å². The van der Waals surface area contributed by atoms with Crippen LogP contribution in [0.5, 0.6) is 0 Å². The van der Waals surface area contributed by atoms with Gasteiger partial charge < -0.3 is 15.2 Å². The number of rotatable bonds is 5. The molecule has 2 aromatic carbocycles. The van der Waals surface area contributed by atoms with Crippen LogP contribution in [0.3, 0.4) is 0 Å². The van der Waals surface area contributed by atoms with Crippen LogP contribution in [-0.4, -0.2) is 26.5 Å². The first-order chi connectivity index (χ1) is 13.5. The number of benzene rings is 2. The Bertz CT molecular complexity index is 1140. The Kier molecular flexibility index (Phi) is 4.98. The molecule has 0 saturated heterocycles. The van der Waals surface area contributed by atoms with Crippen LogP contribution in [0.2, 0.25) is 0 Å². The number of fused-ring (bicyclic) bond motifs is 1. The number of halogens is 1. The number of nitrogens with two attached hydrogens (primary N) is 1. The number of nitrogens with zero attached hydrogens (tertiary/aromatic N) is 2. The van der Waals surface area contributed by atoms with Crippen LogP contribution in [-0.2, 0) is 11.2 Å². The van der Waals surface area contributed by atoms with E-state index in [-0.39, 0.29) is 6.42 Å². The second-order valence-corrected chi connectivity index (χ2v) is 7.49. The van der Waals surface area contributed by atoms with Crippen LogP contribution in [0.15, 0.2) is 77.4 Å². The zero-order valence-electron chi connectivity index (χ0n) is 14.9. The summed E-state index contributed by atoms with van der Waals surface area (Å²) in [6, 6.07) is 21.0. The molecule has 0 radical (unpaired) electrons. The van der Waals surface area contributed by atoms with Crippen LogP contribution in [0.4, 0.5) is 0 Å². The Morgan fingerprint density at radius 1 is 1.00 bits per heavy atom. The highest BCUT2D eigenvalue weighted by Crippen LogP contribution is 2.29. The molecule has 140 valence electrons. The van der Waals surface area contributed by atoms with Gasteiger partial charge in [-0.25, -0.2) is 4.98 Å². The predicted octanol–water partition coefficient (Wildman–Crippen LogP) is 4.39. The summed E-state index contributed by atoms with van der Waals surface area (Å²) >= 11 is 3.47. The monoisotopic (exact) mass is 435 g/mol. The molecule has 0 saturated carbocycles. The fourth-order valence-corrected chi connectivity index (χ4v) is 3.58. The fraction of sp³-hybridized carbons (Fsp3) is 0.0909. The van der Waals surface area contributed by atoms with Crippen molar-refractivity contribution in [1.29, 1.82) is 0 Å². The van der Waals surface area contributed by atoms with E-state index in [9.17, 15) is 9.90 Å². The summed E-state index contributed by atoms with van der Waals surface area (Å²) in [5, 5.41) is 9.27. The van der Waals surface area contributed by atoms with Crippen molar-refractivity contribution in [3.63, 3.8) is 0 Å². The van der Waals surface area contributed by atoms with E-state index in [2.05, 4.69) is 28.1 Å². The van der Waals surface area contributed by atoms with Gasteiger partial charge >= 0.3 is 5.97 Å². The smallest absolute Gasteiger partial charge is 0.320 e. The Balaban J connectivity index is 1.80. The maximum atomic E-state index is 11.3. The van der Waals surface area contributed by atoms with Crippen molar-refractivity contribution in [3.05, 3.63) is 83.1 Å². The highest BCUT2D eigenvalue weighted by molar-refractivity contribution is 9.10. The first-order valence-electron chi connectivity index (χ1n) is 8.83. The minimum atomic E-state index is -1.03. The second kappa shape index (κ2) is 7.58. The van der Waals surface area contributed by atoms with Gasteiger partial charge in [0.1, 0.15) is 11.7 Å². The fourth-order valence-electron chi connectivity index (χ4n) is 3.24. The molecule has 0 fully saturated rings. The number of aliphatic carboxylic acids is 1. The Labute approximate surface area is 170 Å². The number of aromatic nitrogens is 2. The highest BCUT2D eigenvalue weighted by Gasteiger charge is 2.20. The lowest BCUT2D eigenvalue weighted by molar-refractivity contribution is -0.138. The van der Waals surface area contributed by atoms with Gasteiger partial charge in [-0.1, -0.05) is 54.6 Å². The second-order valence-electron chi connectivity index (χ2n) is 6.57. The van der Waals surface area contributed by atoms with E-state index in [0.717, 1.165) is 38.2 Å². The molecule has 2 aromatic heterocycles. The van der Waals surface area contributed by atoms with Gasteiger partial charge in [0, 0.05) is 22.7 Å². The molecule has 2 heterocycles. The first kappa shape index (κ1) is 18.4. The molecule has 0 aliphatic rings. The van der Waals surface area contributed by atoms with Crippen molar-refractivity contribution in [1.82, 2.24) is 9.38 Å².